The smallest absolute Gasteiger partial charge is 0.0934 e. The zero-order chi connectivity index (χ0) is 21.8. The van der Waals surface area contributed by atoms with Gasteiger partial charge < -0.3 is 10.6 Å². The van der Waals surface area contributed by atoms with Gasteiger partial charge >= 0.3 is 0 Å². The third kappa shape index (κ3) is 8.40. The minimum absolute atomic E-state index is 0.805. The summed E-state index contributed by atoms with van der Waals surface area (Å²) in [6.45, 7) is 12.8. The second-order valence-corrected chi connectivity index (χ2v) is 8.46. The molecule has 1 aliphatic heterocycles. The Balaban J connectivity index is 0.000000249. The normalized spacial score (nSPS) is 14.3. The van der Waals surface area contributed by atoms with E-state index in [1.807, 2.05) is 44.2 Å². The minimum Gasteiger partial charge on any atom is -0.402 e. The first-order chi connectivity index (χ1) is 13.8. The van der Waals surface area contributed by atoms with E-state index in [9.17, 15) is 0 Å². The van der Waals surface area contributed by atoms with Crippen LogP contribution in [-0.2, 0) is 13.0 Å². The van der Waals surface area contributed by atoms with Gasteiger partial charge in [0.05, 0.1) is 4.34 Å². The SMILES string of the molecule is C=CC=C.CN1CCc2cc(Cl)sc2C1.CN=C(C)/C(=C(/C)N)c1ccccc1. The molecule has 0 aliphatic carbocycles. The molecule has 0 fully saturated rings. The van der Waals surface area contributed by atoms with Crippen molar-refractivity contribution in [2.24, 2.45) is 10.7 Å². The van der Waals surface area contributed by atoms with Gasteiger partial charge in [-0.05, 0) is 44.5 Å². The van der Waals surface area contributed by atoms with E-state index in [-0.39, 0.29) is 0 Å². The number of hydrogen-bond donors (Lipinski definition) is 1. The van der Waals surface area contributed by atoms with Gasteiger partial charge in [-0.25, -0.2) is 0 Å². The molecule has 5 heteroatoms. The van der Waals surface area contributed by atoms with E-state index < -0.39 is 0 Å². The average Bonchev–Trinajstić information content (AvgIpc) is 3.08. The van der Waals surface area contributed by atoms with Crippen molar-refractivity contribution in [2.75, 3.05) is 20.6 Å². The Morgan fingerprint density at radius 3 is 2.34 bits per heavy atom. The summed E-state index contributed by atoms with van der Waals surface area (Å²) in [5.74, 6) is 0. The molecule has 0 unspecified atom stereocenters. The molecule has 0 bridgehead atoms. The quantitative estimate of drug-likeness (QED) is 0.465. The lowest BCUT2D eigenvalue weighted by atomic mass is 10.0. The van der Waals surface area contributed by atoms with Crippen LogP contribution in [0.4, 0.5) is 0 Å². The summed E-state index contributed by atoms with van der Waals surface area (Å²) in [7, 11) is 3.93. The molecule has 2 N–H and O–H groups in total. The van der Waals surface area contributed by atoms with Crippen LogP contribution in [0.5, 0.6) is 0 Å². The summed E-state index contributed by atoms with van der Waals surface area (Å²) >= 11 is 7.62. The summed E-state index contributed by atoms with van der Waals surface area (Å²) in [6, 6.07) is 12.2. The summed E-state index contributed by atoms with van der Waals surface area (Å²) in [6.07, 6.45) is 4.44. The van der Waals surface area contributed by atoms with Crippen molar-refractivity contribution in [3.05, 3.63) is 87.7 Å². The van der Waals surface area contributed by atoms with Gasteiger partial charge in [-0.15, -0.1) is 11.3 Å². The maximum atomic E-state index is 5.90. The molecule has 156 valence electrons. The zero-order valence-electron chi connectivity index (χ0n) is 17.9. The number of nitrogens with two attached hydrogens (primary N) is 1. The third-order valence-electron chi connectivity index (χ3n) is 4.36. The highest BCUT2D eigenvalue weighted by Crippen LogP contribution is 2.30. The number of fused-ring (bicyclic) bond motifs is 1. The van der Waals surface area contributed by atoms with E-state index in [0.29, 0.717) is 0 Å². The lowest BCUT2D eigenvalue weighted by Gasteiger charge is -2.21. The van der Waals surface area contributed by atoms with E-state index in [0.717, 1.165) is 39.8 Å². The largest absolute Gasteiger partial charge is 0.402 e. The van der Waals surface area contributed by atoms with E-state index in [2.05, 4.69) is 36.2 Å². The molecule has 1 aromatic carbocycles. The van der Waals surface area contributed by atoms with Crippen LogP contribution in [0.3, 0.4) is 0 Å². The number of hydrogen-bond acceptors (Lipinski definition) is 4. The van der Waals surface area contributed by atoms with E-state index in [4.69, 9.17) is 17.3 Å². The van der Waals surface area contributed by atoms with Crippen LogP contribution in [0.1, 0.15) is 29.9 Å². The first-order valence-corrected chi connectivity index (χ1v) is 10.7. The molecular weight excluding hydrogens is 398 g/mol. The first-order valence-electron chi connectivity index (χ1n) is 9.48. The van der Waals surface area contributed by atoms with Crippen LogP contribution in [0, 0.1) is 0 Å². The van der Waals surface area contributed by atoms with Gasteiger partial charge in [0.2, 0.25) is 0 Å². The predicted molar refractivity (Wildman–Crippen MR) is 132 cm³/mol. The molecule has 0 saturated carbocycles. The molecule has 0 amide bonds. The molecule has 2 aromatic rings. The lowest BCUT2D eigenvalue weighted by Crippen LogP contribution is -2.24. The zero-order valence-corrected chi connectivity index (χ0v) is 19.5. The van der Waals surface area contributed by atoms with Gasteiger partial charge in [-0.1, -0.05) is 67.2 Å². The fourth-order valence-corrected chi connectivity index (χ4v) is 4.27. The molecule has 0 spiro atoms. The highest BCUT2D eigenvalue weighted by molar-refractivity contribution is 7.16. The number of likely N-dealkylation sites (N-methyl/N-ethyl adjacent to an activating group) is 1. The van der Waals surface area contributed by atoms with E-state index in [1.165, 1.54) is 17.0 Å². The molecule has 3 rings (SSSR count). The third-order valence-corrected chi connectivity index (χ3v) is 5.65. The molecule has 2 heterocycles. The average molecular weight is 430 g/mol. The maximum Gasteiger partial charge on any atom is 0.0934 e. The second-order valence-electron chi connectivity index (χ2n) is 6.69. The maximum absolute atomic E-state index is 5.90. The van der Waals surface area contributed by atoms with Crippen molar-refractivity contribution >= 4 is 34.2 Å². The molecule has 0 atom stereocenters. The van der Waals surface area contributed by atoms with Crippen LogP contribution >= 0.6 is 22.9 Å². The molecule has 1 aromatic heterocycles. The Bertz CT molecular complexity index is 840. The van der Waals surface area contributed by atoms with Gasteiger partial charge in [0.15, 0.2) is 0 Å². The molecule has 29 heavy (non-hydrogen) atoms. The lowest BCUT2D eigenvalue weighted by molar-refractivity contribution is 0.317. The Morgan fingerprint density at radius 2 is 1.83 bits per heavy atom. The molecule has 3 nitrogen and oxygen atoms in total. The Morgan fingerprint density at radius 1 is 1.21 bits per heavy atom. The standard InChI is InChI=1S/C12H16N2.C8H10ClNS.C4H6/c1-9(13)12(10(2)14-3)11-7-5-4-6-8-11;1-10-3-2-6-4-8(9)11-7(6)5-10;1-3-4-2/h4-8H,13H2,1-3H3;4H,2-3,5H2,1H3;3-4H,1-2H2/b12-9+,14-10?;;. The van der Waals surface area contributed by atoms with Crippen LogP contribution in [0.2, 0.25) is 4.34 Å². The summed E-state index contributed by atoms with van der Waals surface area (Å²) < 4.78 is 0.935. The van der Waals surface area contributed by atoms with Crippen molar-refractivity contribution in [3.8, 4) is 0 Å². The number of halogens is 1. The summed E-state index contributed by atoms with van der Waals surface area (Å²) in [5.41, 5.74) is 11.2. The predicted octanol–water partition coefficient (Wildman–Crippen LogP) is 6.21. The fourth-order valence-electron chi connectivity index (χ4n) is 2.85. The van der Waals surface area contributed by atoms with Crippen molar-refractivity contribution in [1.82, 2.24) is 4.90 Å². The number of rotatable bonds is 3. The number of nitrogens with zero attached hydrogens (tertiary/aromatic N) is 2. The van der Waals surface area contributed by atoms with Gasteiger partial charge in [0.25, 0.3) is 0 Å². The van der Waals surface area contributed by atoms with E-state index in [1.54, 1.807) is 30.5 Å². The number of aliphatic imine (C=N–C) groups is 1. The Labute approximate surface area is 184 Å². The molecule has 1 aliphatic rings. The van der Waals surface area contributed by atoms with Crippen LogP contribution in [-0.4, -0.2) is 31.3 Å². The number of benzene rings is 1. The highest BCUT2D eigenvalue weighted by Gasteiger charge is 2.15. The molecule has 0 radical (unpaired) electrons. The summed E-state index contributed by atoms with van der Waals surface area (Å²) in [4.78, 5) is 7.94. The van der Waals surface area contributed by atoms with Crippen molar-refractivity contribution in [3.63, 3.8) is 0 Å². The monoisotopic (exact) mass is 429 g/mol. The minimum atomic E-state index is 0.805. The molecular formula is C24H32ClN3S. The van der Waals surface area contributed by atoms with Gasteiger partial charge in [-0.3, -0.25) is 4.99 Å². The van der Waals surface area contributed by atoms with Crippen molar-refractivity contribution in [2.45, 2.75) is 26.8 Å². The van der Waals surface area contributed by atoms with Gasteiger partial charge in [0.1, 0.15) is 0 Å². The number of allylic oxidation sites excluding steroid dienone is 4. The highest BCUT2D eigenvalue weighted by atomic mass is 35.5. The van der Waals surface area contributed by atoms with Crippen molar-refractivity contribution in [1.29, 1.82) is 0 Å². The molecule has 0 saturated heterocycles. The fraction of sp³-hybridized carbons (Fsp3) is 0.292. The van der Waals surface area contributed by atoms with Crippen LogP contribution < -0.4 is 5.73 Å². The Kier molecular flexibility index (Phi) is 11.3. The Hall–Kier alpha value is -2.14. The van der Waals surface area contributed by atoms with Crippen molar-refractivity contribution < 1.29 is 0 Å². The van der Waals surface area contributed by atoms with Gasteiger partial charge in [-0.2, -0.15) is 0 Å². The van der Waals surface area contributed by atoms with E-state index >= 15 is 0 Å². The van der Waals surface area contributed by atoms with Crippen LogP contribution in [0.15, 0.2) is 72.4 Å². The number of thiophene rings is 1. The topological polar surface area (TPSA) is 41.6 Å². The second kappa shape index (κ2) is 13.2. The van der Waals surface area contributed by atoms with Crippen LogP contribution in [0.25, 0.3) is 5.57 Å². The van der Waals surface area contributed by atoms with Gasteiger partial charge in [0, 0.05) is 42.0 Å². The first kappa shape index (κ1) is 24.9. The summed E-state index contributed by atoms with van der Waals surface area (Å²) in [5, 5.41) is 0.